The fourth-order valence-corrected chi connectivity index (χ4v) is 3.75. The van der Waals surface area contributed by atoms with Crippen molar-refractivity contribution in [1.82, 2.24) is 4.90 Å². The van der Waals surface area contributed by atoms with Gasteiger partial charge in [-0.05, 0) is 53.6 Å². The van der Waals surface area contributed by atoms with Crippen molar-refractivity contribution < 1.29 is 14.3 Å². The molecule has 2 aromatic rings. The van der Waals surface area contributed by atoms with E-state index >= 15 is 0 Å². The molecule has 2 atom stereocenters. The quantitative estimate of drug-likeness (QED) is 0.786. The Morgan fingerprint density at radius 1 is 1.32 bits per heavy atom. The number of aliphatic hydroxyl groups is 1. The summed E-state index contributed by atoms with van der Waals surface area (Å²) >= 11 is 1.94. The number of fused-ring (bicyclic) bond motifs is 1. The summed E-state index contributed by atoms with van der Waals surface area (Å²) in [6.07, 6.45) is -0.457. The van der Waals surface area contributed by atoms with E-state index in [0.29, 0.717) is 21.1 Å². The molecule has 0 aromatic heterocycles. The van der Waals surface area contributed by atoms with Gasteiger partial charge in [0.05, 0.1) is 5.56 Å². The second-order valence-corrected chi connectivity index (χ2v) is 6.64. The van der Waals surface area contributed by atoms with Crippen molar-refractivity contribution in [3.63, 3.8) is 0 Å². The molecule has 0 saturated carbocycles. The van der Waals surface area contributed by atoms with Crippen molar-refractivity contribution in [2.24, 2.45) is 0 Å². The Morgan fingerprint density at radius 2 is 2.00 bits per heavy atom. The molecule has 2 aromatic carbocycles. The Morgan fingerprint density at radius 3 is 2.68 bits per heavy atom. The molecule has 1 heterocycles. The molecule has 2 unspecified atom stereocenters. The number of halogens is 2. The smallest absolute Gasteiger partial charge is 0.257 e. The van der Waals surface area contributed by atoms with Crippen LogP contribution in [0.4, 0.5) is 4.39 Å². The molecular formula is C17H15FINO2. The molecule has 3 rings (SSSR count). The number of rotatable bonds is 3. The van der Waals surface area contributed by atoms with Gasteiger partial charge in [0, 0.05) is 15.2 Å². The zero-order valence-electron chi connectivity index (χ0n) is 12.0. The molecule has 0 saturated heterocycles. The first-order valence-electron chi connectivity index (χ1n) is 7.02. The zero-order chi connectivity index (χ0) is 15.9. The molecule has 3 nitrogen and oxygen atoms in total. The highest BCUT2D eigenvalue weighted by Crippen LogP contribution is 2.37. The van der Waals surface area contributed by atoms with Crippen molar-refractivity contribution in [3.05, 3.63) is 68.5 Å². The van der Waals surface area contributed by atoms with Gasteiger partial charge in [-0.3, -0.25) is 4.79 Å². The molecule has 22 heavy (non-hydrogen) atoms. The van der Waals surface area contributed by atoms with Gasteiger partial charge < -0.3 is 10.0 Å². The van der Waals surface area contributed by atoms with Gasteiger partial charge in [0.25, 0.3) is 5.91 Å². The predicted molar refractivity (Wildman–Crippen MR) is 89.9 cm³/mol. The number of carbonyl (C=O) groups is 1. The van der Waals surface area contributed by atoms with Crippen molar-refractivity contribution in [3.8, 4) is 0 Å². The maximum atomic E-state index is 13.6. The minimum Gasteiger partial charge on any atom is -0.369 e. The lowest BCUT2D eigenvalue weighted by Gasteiger charge is -2.28. The second-order valence-electron chi connectivity index (χ2n) is 5.48. The Bertz CT molecular complexity index is 720. The van der Waals surface area contributed by atoms with Gasteiger partial charge in [-0.1, -0.05) is 30.3 Å². The predicted octanol–water partition coefficient (Wildman–Crippen LogP) is 3.51. The second kappa shape index (κ2) is 5.96. The highest BCUT2D eigenvalue weighted by Gasteiger charge is 2.40. The molecule has 114 valence electrons. The monoisotopic (exact) mass is 411 g/mol. The highest BCUT2D eigenvalue weighted by molar-refractivity contribution is 14.1. The molecule has 0 spiro atoms. The average Bonchev–Trinajstić information content (AvgIpc) is 2.71. The molecule has 0 fully saturated rings. The lowest BCUT2D eigenvalue weighted by Crippen LogP contribution is -2.37. The average molecular weight is 411 g/mol. The third kappa shape index (κ3) is 2.63. The van der Waals surface area contributed by atoms with Gasteiger partial charge in [-0.25, -0.2) is 4.39 Å². The van der Waals surface area contributed by atoms with Gasteiger partial charge >= 0.3 is 0 Å². The van der Waals surface area contributed by atoms with Crippen molar-refractivity contribution in [2.75, 3.05) is 0 Å². The lowest BCUT2D eigenvalue weighted by atomic mass is 10.1. The van der Waals surface area contributed by atoms with Crippen LogP contribution in [-0.4, -0.2) is 22.0 Å². The molecule has 1 aliphatic rings. The minimum absolute atomic E-state index is 0.184. The SMILES string of the molecule is CC(Cc1ccccc1)N1C(=O)c2c(I)cc(F)cc2C1O. The van der Waals surface area contributed by atoms with Crippen LogP contribution in [0.15, 0.2) is 42.5 Å². The van der Waals surface area contributed by atoms with Gasteiger partial charge in [-0.15, -0.1) is 0 Å². The molecular weight excluding hydrogens is 396 g/mol. The van der Waals surface area contributed by atoms with Crippen LogP contribution in [-0.2, 0) is 6.42 Å². The first-order valence-corrected chi connectivity index (χ1v) is 8.10. The maximum Gasteiger partial charge on any atom is 0.257 e. The molecule has 5 heteroatoms. The summed E-state index contributed by atoms with van der Waals surface area (Å²) in [6, 6.07) is 12.2. The van der Waals surface area contributed by atoms with Crippen LogP contribution in [0, 0.1) is 9.39 Å². The maximum absolute atomic E-state index is 13.6. The summed E-state index contributed by atoms with van der Waals surface area (Å²) in [5.41, 5.74) is 1.86. The molecule has 1 N–H and O–H groups in total. The molecule has 0 bridgehead atoms. The molecule has 1 aliphatic heterocycles. The zero-order valence-corrected chi connectivity index (χ0v) is 14.1. The van der Waals surface area contributed by atoms with Gasteiger partial charge in [0.15, 0.2) is 6.23 Å². The normalized spacial score (nSPS) is 18.5. The van der Waals surface area contributed by atoms with Crippen LogP contribution in [0.1, 0.15) is 34.6 Å². The Kier molecular flexibility index (Phi) is 4.18. The summed E-state index contributed by atoms with van der Waals surface area (Å²) in [5, 5.41) is 10.4. The van der Waals surface area contributed by atoms with Gasteiger partial charge in [-0.2, -0.15) is 0 Å². The van der Waals surface area contributed by atoms with Crippen LogP contribution in [0.2, 0.25) is 0 Å². The summed E-state index contributed by atoms with van der Waals surface area (Å²) < 4.78 is 14.1. The van der Waals surface area contributed by atoms with Crippen molar-refractivity contribution in [1.29, 1.82) is 0 Å². The van der Waals surface area contributed by atoms with E-state index in [1.54, 1.807) is 0 Å². The first-order chi connectivity index (χ1) is 10.5. The molecule has 0 radical (unpaired) electrons. The topological polar surface area (TPSA) is 40.5 Å². The fourth-order valence-electron chi connectivity index (χ4n) is 2.91. The minimum atomic E-state index is -1.09. The van der Waals surface area contributed by atoms with Crippen LogP contribution < -0.4 is 0 Å². The van der Waals surface area contributed by atoms with Crippen LogP contribution in [0.3, 0.4) is 0 Å². The van der Waals surface area contributed by atoms with E-state index in [-0.39, 0.29) is 11.9 Å². The lowest BCUT2D eigenvalue weighted by molar-refractivity contribution is 0.000284. The largest absolute Gasteiger partial charge is 0.369 e. The van der Waals surface area contributed by atoms with Crippen molar-refractivity contribution >= 4 is 28.5 Å². The standard InChI is InChI=1S/C17H15FINO2/c1-10(7-11-5-3-2-4-6-11)20-16(21)13-8-12(18)9-14(19)15(13)17(20)22/h2-6,8-10,16,21H,7H2,1H3. The third-order valence-electron chi connectivity index (χ3n) is 3.92. The van der Waals surface area contributed by atoms with E-state index in [1.807, 2.05) is 59.8 Å². The van der Waals surface area contributed by atoms with E-state index in [2.05, 4.69) is 0 Å². The number of nitrogens with zero attached hydrogens (tertiary/aromatic N) is 1. The molecule has 1 amide bonds. The van der Waals surface area contributed by atoms with E-state index in [1.165, 1.54) is 17.0 Å². The van der Waals surface area contributed by atoms with Crippen LogP contribution >= 0.6 is 22.6 Å². The summed E-state index contributed by atoms with van der Waals surface area (Å²) in [5.74, 6) is -0.678. The summed E-state index contributed by atoms with van der Waals surface area (Å²) in [7, 11) is 0. The number of aliphatic hydroxyl groups excluding tert-OH is 1. The fraction of sp³-hybridized carbons (Fsp3) is 0.235. The summed E-state index contributed by atoms with van der Waals surface area (Å²) in [4.78, 5) is 14.0. The Hall–Kier alpha value is -1.47. The highest BCUT2D eigenvalue weighted by atomic mass is 127. The first kappa shape index (κ1) is 15.4. The van der Waals surface area contributed by atoms with E-state index in [9.17, 15) is 14.3 Å². The molecule has 0 aliphatic carbocycles. The van der Waals surface area contributed by atoms with Crippen LogP contribution in [0.25, 0.3) is 0 Å². The number of amides is 1. The Labute approximate surface area is 141 Å². The van der Waals surface area contributed by atoms with E-state index in [4.69, 9.17) is 0 Å². The number of hydrogen-bond acceptors (Lipinski definition) is 2. The van der Waals surface area contributed by atoms with Crippen molar-refractivity contribution in [2.45, 2.75) is 25.6 Å². The van der Waals surface area contributed by atoms with E-state index in [0.717, 1.165) is 5.56 Å². The number of carbonyl (C=O) groups excluding carboxylic acids is 1. The third-order valence-corrected chi connectivity index (χ3v) is 4.78. The van der Waals surface area contributed by atoms with Crippen LogP contribution in [0.5, 0.6) is 0 Å². The van der Waals surface area contributed by atoms with Gasteiger partial charge in [0.1, 0.15) is 5.82 Å². The summed E-state index contributed by atoms with van der Waals surface area (Å²) in [6.45, 7) is 1.89. The van der Waals surface area contributed by atoms with E-state index < -0.39 is 12.0 Å². The number of hydrogen-bond donors (Lipinski definition) is 1. The number of benzene rings is 2. The Balaban J connectivity index is 1.90. The van der Waals surface area contributed by atoms with Gasteiger partial charge in [0.2, 0.25) is 0 Å².